The van der Waals surface area contributed by atoms with Crippen molar-refractivity contribution in [1.82, 2.24) is 9.97 Å². The highest BCUT2D eigenvalue weighted by molar-refractivity contribution is 6.33. The Labute approximate surface area is 170 Å². The van der Waals surface area contributed by atoms with E-state index in [2.05, 4.69) is 47.3 Å². The molecule has 0 radical (unpaired) electrons. The molecule has 0 unspecified atom stereocenters. The van der Waals surface area contributed by atoms with Crippen molar-refractivity contribution >= 4 is 17.4 Å². The normalized spacial score (nSPS) is 10.0. The molecular formula is C19H27ClN4O4. The zero-order chi connectivity index (χ0) is 20.9. The summed E-state index contributed by atoms with van der Waals surface area (Å²) in [5.74, 6) is 1.58. The number of unbranched alkanes of at least 4 members (excludes halogenated alkanes) is 2. The lowest BCUT2D eigenvalue weighted by Gasteiger charge is -2.12. The van der Waals surface area contributed by atoms with Gasteiger partial charge in [0, 0.05) is 0 Å². The molecule has 154 valence electrons. The number of rotatable bonds is 9. The van der Waals surface area contributed by atoms with E-state index in [4.69, 9.17) is 31.7 Å². The zero-order valence-electron chi connectivity index (χ0n) is 16.4. The van der Waals surface area contributed by atoms with Crippen molar-refractivity contribution in [3.8, 4) is 5.75 Å². The van der Waals surface area contributed by atoms with Gasteiger partial charge in [-0.1, -0.05) is 43.5 Å². The van der Waals surface area contributed by atoms with Gasteiger partial charge in [-0.15, -0.1) is 10.1 Å². The number of hydrogen-bond acceptors (Lipinski definition) is 6. The van der Waals surface area contributed by atoms with Crippen molar-refractivity contribution in [2.24, 2.45) is 0 Å². The number of aromatic nitrogens is 2. The maximum atomic E-state index is 8.36. The summed E-state index contributed by atoms with van der Waals surface area (Å²) in [5.41, 5.74) is 3.33. The Morgan fingerprint density at radius 2 is 2.00 bits per heavy atom. The van der Waals surface area contributed by atoms with Crippen molar-refractivity contribution in [2.75, 3.05) is 18.5 Å². The van der Waals surface area contributed by atoms with Gasteiger partial charge in [0.1, 0.15) is 29.5 Å². The third-order valence-corrected chi connectivity index (χ3v) is 4.38. The number of nitrogens with one attached hydrogen (secondary N) is 1. The van der Waals surface area contributed by atoms with Crippen molar-refractivity contribution in [1.29, 1.82) is 0 Å². The number of hydrogen-bond donors (Lipinski definition) is 2. The molecule has 0 bridgehead atoms. The molecule has 0 saturated heterocycles. The second kappa shape index (κ2) is 12.7. The quantitative estimate of drug-likeness (QED) is 0.352. The van der Waals surface area contributed by atoms with E-state index in [0.717, 1.165) is 17.9 Å². The number of halogens is 1. The zero-order valence-corrected chi connectivity index (χ0v) is 17.2. The number of ether oxygens (including phenoxy) is 1. The molecule has 1 heterocycles. The lowest BCUT2D eigenvalue weighted by atomic mass is 10.0. The number of anilines is 1. The molecular weight excluding hydrogens is 384 g/mol. The maximum Gasteiger partial charge on any atom is 0.291 e. The second-order valence-corrected chi connectivity index (χ2v) is 6.57. The molecule has 2 rings (SSSR count). The van der Waals surface area contributed by atoms with E-state index < -0.39 is 5.09 Å². The molecule has 0 aliphatic carbocycles. The van der Waals surface area contributed by atoms with E-state index in [9.17, 15) is 0 Å². The predicted octanol–water partition coefficient (Wildman–Crippen LogP) is 4.62. The maximum absolute atomic E-state index is 8.36. The van der Waals surface area contributed by atoms with Gasteiger partial charge < -0.3 is 15.3 Å². The molecule has 28 heavy (non-hydrogen) atoms. The van der Waals surface area contributed by atoms with Crippen LogP contribution in [0.15, 0.2) is 24.5 Å². The Hall–Kier alpha value is -2.61. The molecule has 0 amide bonds. The molecule has 2 N–H and O–H groups in total. The molecule has 0 atom stereocenters. The summed E-state index contributed by atoms with van der Waals surface area (Å²) in [4.78, 5) is 16.5. The monoisotopic (exact) mass is 410 g/mol. The lowest BCUT2D eigenvalue weighted by Crippen LogP contribution is -2.13. The van der Waals surface area contributed by atoms with Gasteiger partial charge in [-0.05, 0) is 43.9 Å². The topological polar surface area (TPSA) is 110 Å². The Kier molecular flexibility index (Phi) is 10.6. The minimum atomic E-state index is -1.50. The molecule has 1 aromatic heterocycles. The van der Waals surface area contributed by atoms with Crippen molar-refractivity contribution in [2.45, 2.75) is 46.5 Å². The number of aryl methyl sites for hydroxylation is 3. The Morgan fingerprint density at radius 3 is 2.64 bits per heavy atom. The molecule has 9 heteroatoms. The highest BCUT2D eigenvalue weighted by Crippen LogP contribution is 2.22. The fourth-order valence-corrected chi connectivity index (χ4v) is 2.68. The van der Waals surface area contributed by atoms with Crippen molar-refractivity contribution < 1.29 is 15.0 Å². The summed E-state index contributed by atoms with van der Waals surface area (Å²) in [6.45, 7) is 7.36. The number of nitrogens with zero attached hydrogens (tertiary/aromatic N) is 3. The first-order chi connectivity index (χ1) is 13.3. The van der Waals surface area contributed by atoms with Crippen LogP contribution in [0.5, 0.6) is 5.75 Å². The van der Waals surface area contributed by atoms with Gasteiger partial charge in [0.25, 0.3) is 5.09 Å². The van der Waals surface area contributed by atoms with Crippen molar-refractivity contribution in [3.63, 3.8) is 0 Å². The van der Waals surface area contributed by atoms with Crippen LogP contribution in [-0.2, 0) is 6.42 Å². The predicted molar refractivity (Wildman–Crippen MR) is 109 cm³/mol. The van der Waals surface area contributed by atoms with Gasteiger partial charge in [0.05, 0.1) is 12.2 Å². The standard InChI is InChI=1S/C19H26ClN3O.HNO3/c1-4-5-6-7-16-8-9-17(14(2)12-16)24-11-10-21-19-18(20)15(3)22-13-23-19;2-1(3)4/h8-9,12-13H,4-7,10-11H2,1-3H3,(H,21,22,23);(H,2,3,4). The van der Waals surface area contributed by atoms with Crippen LogP contribution in [0.25, 0.3) is 0 Å². The summed E-state index contributed by atoms with van der Waals surface area (Å²) in [7, 11) is 0. The van der Waals surface area contributed by atoms with Crippen LogP contribution in [0, 0.1) is 24.0 Å². The highest BCUT2D eigenvalue weighted by atomic mass is 35.5. The van der Waals surface area contributed by atoms with E-state index >= 15 is 0 Å². The second-order valence-electron chi connectivity index (χ2n) is 6.19. The molecule has 8 nitrogen and oxygen atoms in total. The number of benzene rings is 1. The van der Waals surface area contributed by atoms with E-state index in [1.165, 1.54) is 36.7 Å². The molecule has 0 fully saturated rings. The summed E-state index contributed by atoms with van der Waals surface area (Å²) in [5, 5.41) is 17.4. The van der Waals surface area contributed by atoms with Gasteiger partial charge in [0.15, 0.2) is 0 Å². The van der Waals surface area contributed by atoms with Crippen LogP contribution >= 0.6 is 11.6 Å². The van der Waals surface area contributed by atoms with E-state index in [1.54, 1.807) is 0 Å². The molecule has 0 saturated carbocycles. The molecule has 1 aromatic carbocycles. The summed E-state index contributed by atoms with van der Waals surface area (Å²) >= 11 is 6.16. The van der Waals surface area contributed by atoms with Crippen LogP contribution in [-0.4, -0.2) is 33.4 Å². The third-order valence-electron chi connectivity index (χ3n) is 3.92. The molecule has 2 aromatic rings. The minimum absolute atomic E-state index is 0.551. The molecule has 0 aliphatic heterocycles. The van der Waals surface area contributed by atoms with Gasteiger partial charge in [0.2, 0.25) is 0 Å². The summed E-state index contributed by atoms with van der Waals surface area (Å²) < 4.78 is 5.86. The molecule has 0 spiro atoms. The first-order valence-electron chi connectivity index (χ1n) is 9.11. The van der Waals surface area contributed by atoms with Gasteiger partial charge in [-0.2, -0.15) is 0 Å². The fraction of sp³-hybridized carbons (Fsp3) is 0.474. The highest BCUT2D eigenvalue weighted by Gasteiger charge is 2.05. The lowest BCUT2D eigenvalue weighted by molar-refractivity contribution is -0.742. The SMILES string of the molecule is CCCCCc1ccc(OCCNc2ncnc(C)c2Cl)c(C)c1.O=[N+]([O-])O. The van der Waals surface area contributed by atoms with E-state index in [-0.39, 0.29) is 0 Å². The Morgan fingerprint density at radius 1 is 1.29 bits per heavy atom. The van der Waals surface area contributed by atoms with Gasteiger partial charge >= 0.3 is 0 Å². The fourth-order valence-electron chi connectivity index (χ4n) is 2.52. The van der Waals surface area contributed by atoms with E-state index in [0.29, 0.717) is 24.0 Å². The first-order valence-corrected chi connectivity index (χ1v) is 9.49. The van der Waals surface area contributed by atoms with Crippen LogP contribution in [0.3, 0.4) is 0 Å². The summed E-state index contributed by atoms with van der Waals surface area (Å²) in [6.07, 6.45) is 6.43. The Balaban J connectivity index is 0.000000892. The molecule has 0 aliphatic rings. The largest absolute Gasteiger partial charge is 0.491 e. The van der Waals surface area contributed by atoms with Crippen LogP contribution in [0.1, 0.15) is 43.0 Å². The van der Waals surface area contributed by atoms with Crippen LogP contribution in [0.4, 0.5) is 5.82 Å². The minimum Gasteiger partial charge on any atom is -0.491 e. The van der Waals surface area contributed by atoms with E-state index in [1.807, 2.05) is 6.92 Å². The summed E-state index contributed by atoms with van der Waals surface area (Å²) in [6, 6.07) is 6.46. The van der Waals surface area contributed by atoms with Crippen LogP contribution in [0.2, 0.25) is 5.02 Å². The first kappa shape index (κ1) is 23.4. The van der Waals surface area contributed by atoms with Crippen LogP contribution < -0.4 is 10.1 Å². The average molecular weight is 411 g/mol. The average Bonchev–Trinajstić information content (AvgIpc) is 2.63. The van der Waals surface area contributed by atoms with Crippen molar-refractivity contribution in [3.05, 3.63) is 56.5 Å². The smallest absolute Gasteiger partial charge is 0.291 e. The Bertz CT molecular complexity index is 755. The van der Waals surface area contributed by atoms with Gasteiger partial charge in [-0.25, -0.2) is 9.97 Å². The third kappa shape index (κ3) is 8.85. The van der Waals surface area contributed by atoms with Gasteiger partial charge in [-0.3, -0.25) is 0 Å².